The highest BCUT2D eigenvalue weighted by molar-refractivity contribution is 5.19. The summed E-state index contributed by atoms with van der Waals surface area (Å²) < 4.78 is 12.9. The quantitative estimate of drug-likeness (QED) is 0.814. The van der Waals surface area contributed by atoms with Gasteiger partial charge in [-0.05, 0) is 63.0 Å². The molecule has 3 unspecified atom stereocenters. The van der Waals surface area contributed by atoms with Gasteiger partial charge in [0.05, 0.1) is 0 Å². The Balaban J connectivity index is 1.80. The molecule has 0 radical (unpaired) electrons. The second kappa shape index (κ2) is 6.49. The Morgan fingerprint density at radius 1 is 1.37 bits per heavy atom. The first-order valence-electron chi connectivity index (χ1n) is 7.21. The smallest absolute Gasteiger partial charge is 0.123 e. The van der Waals surface area contributed by atoms with Crippen LogP contribution in [0.15, 0.2) is 24.3 Å². The first-order chi connectivity index (χ1) is 9.10. The minimum Gasteiger partial charge on any atom is -0.313 e. The molecule has 1 N–H and O–H groups in total. The summed E-state index contributed by atoms with van der Waals surface area (Å²) in [5.74, 6) is 1.65. The first-order valence-corrected chi connectivity index (χ1v) is 7.21. The van der Waals surface area contributed by atoms with Crippen molar-refractivity contribution in [2.45, 2.75) is 25.8 Å². The maximum Gasteiger partial charge on any atom is 0.123 e. The summed E-state index contributed by atoms with van der Waals surface area (Å²) in [5, 5.41) is 3.32. The number of nitrogens with one attached hydrogen (secondary N) is 1. The van der Waals surface area contributed by atoms with Crippen LogP contribution in [0.4, 0.5) is 4.39 Å². The summed E-state index contributed by atoms with van der Waals surface area (Å²) in [4.78, 5) is 2.42. The van der Waals surface area contributed by atoms with Gasteiger partial charge in [-0.1, -0.05) is 19.1 Å². The zero-order valence-corrected chi connectivity index (χ0v) is 12.2. The van der Waals surface area contributed by atoms with Crippen molar-refractivity contribution in [3.63, 3.8) is 0 Å². The number of hydrogen-bond acceptors (Lipinski definition) is 2. The molecular formula is C16H25FN2. The van der Waals surface area contributed by atoms with Gasteiger partial charge < -0.3 is 10.2 Å². The third-order valence-corrected chi connectivity index (χ3v) is 4.24. The molecule has 0 aromatic heterocycles. The van der Waals surface area contributed by atoms with Gasteiger partial charge in [0.15, 0.2) is 0 Å². The number of hydrogen-bond donors (Lipinski definition) is 1. The van der Waals surface area contributed by atoms with Gasteiger partial charge in [-0.25, -0.2) is 4.39 Å². The predicted octanol–water partition coefficient (Wildman–Crippen LogP) is 3.06. The van der Waals surface area contributed by atoms with Gasteiger partial charge in [0.25, 0.3) is 0 Å². The molecule has 0 spiro atoms. The summed E-state index contributed by atoms with van der Waals surface area (Å²) >= 11 is 0. The Bertz CT molecular complexity index is 390. The molecular weight excluding hydrogens is 239 g/mol. The molecule has 0 aliphatic heterocycles. The molecule has 3 heteroatoms. The molecule has 3 atom stereocenters. The Morgan fingerprint density at radius 3 is 2.53 bits per heavy atom. The lowest BCUT2D eigenvalue weighted by atomic mass is 10.0. The van der Waals surface area contributed by atoms with E-state index in [1.165, 1.54) is 25.1 Å². The summed E-state index contributed by atoms with van der Waals surface area (Å²) in [7, 11) is 4.17. The van der Waals surface area contributed by atoms with E-state index in [1.54, 1.807) is 0 Å². The van der Waals surface area contributed by atoms with E-state index in [1.807, 2.05) is 19.2 Å². The number of halogens is 1. The molecule has 106 valence electrons. The molecule has 1 fully saturated rings. The molecule has 1 aliphatic rings. The molecule has 0 saturated heterocycles. The fourth-order valence-electron chi connectivity index (χ4n) is 2.67. The van der Waals surface area contributed by atoms with Crippen molar-refractivity contribution in [2.75, 3.05) is 27.2 Å². The van der Waals surface area contributed by atoms with Gasteiger partial charge >= 0.3 is 0 Å². The van der Waals surface area contributed by atoms with Gasteiger partial charge in [-0.15, -0.1) is 0 Å². The number of rotatable bonds is 7. The third-order valence-electron chi connectivity index (χ3n) is 4.24. The Labute approximate surface area is 116 Å². The minimum absolute atomic E-state index is 0.168. The number of benzene rings is 1. The molecule has 1 aromatic carbocycles. The monoisotopic (exact) mass is 264 g/mol. The van der Waals surface area contributed by atoms with Gasteiger partial charge in [0, 0.05) is 12.6 Å². The van der Waals surface area contributed by atoms with Gasteiger partial charge in [0.2, 0.25) is 0 Å². The molecule has 0 bridgehead atoms. The largest absolute Gasteiger partial charge is 0.313 e. The number of nitrogens with zero attached hydrogens (tertiary/aromatic N) is 1. The minimum atomic E-state index is -0.168. The zero-order chi connectivity index (χ0) is 13.8. The van der Waals surface area contributed by atoms with E-state index in [0.717, 1.165) is 30.4 Å². The Morgan fingerprint density at radius 2 is 2.00 bits per heavy atom. The average molecular weight is 264 g/mol. The van der Waals surface area contributed by atoms with Crippen LogP contribution in [0.5, 0.6) is 0 Å². The average Bonchev–Trinajstić information content (AvgIpc) is 3.07. The molecule has 1 saturated carbocycles. The van der Waals surface area contributed by atoms with Crippen molar-refractivity contribution in [3.8, 4) is 0 Å². The van der Waals surface area contributed by atoms with E-state index < -0.39 is 0 Å². The van der Waals surface area contributed by atoms with Crippen molar-refractivity contribution in [3.05, 3.63) is 35.6 Å². The van der Waals surface area contributed by atoms with Crippen molar-refractivity contribution in [1.29, 1.82) is 0 Å². The van der Waals surface area contributed by atoms with Crippen LogP contribution < -0.4 is 5.32 Å². The summed E-state index contributed by atoms with van der Waals surface area (Å²) in [6, 6.07) is 7.13. The van der Waals surface area contributed by atoms with E-state index in [0.29, 0.717) is 6.04 Å². The van der Waals surface area contributed by atoms with E-state index in [4.69, 9.17) is 0 Å². The van der Waals surface area contributed by atoms with Crippen LogP contribution in [0, 0.1) is 17.7 Å². The fourth-order valence-corrected chi connectivity index (χ4v) is 2.67. The van der Waals surface area contributed by atoms with Gasteiger partial charge in [-0.2, -0.15) is 0 Å². The Kier molecular flexibility index (Phi) is 4.94. The summed E-state index contributed by atoms with van der Waals surface area (Å²) in [6.07, 6.45) is 2.44. The second-order valence-electron chi connectivity index (χ2n) is 5.92. The lowest BCUT2D eigenvalue weighted by molar-refractivity contribution is 0.295. The highest BCUT2D eigenvalue weighted by Gasteiger charge is 2.32. The van der Waals surface area contributed by atoms with Crippen LogP contribution >= 0.6 is 0 Å². The normalized spacial score (nSPS) is 23.6. The van der Waals surface area contributed by atoms with Crippen LogP contribution in [0.1, 0.15) is 31.4 Å². The zero-order valence-electron chi connectivity index (χ0n) is 12.2. The van der Waals surface area contributed by atoms with Crippen LogP contribution in [0.3, 0.4) is 0 Å². The van der Waals surface area contributed by atoms with Crippen molar-refractivity contribution in [2.24, 2.45) is 11.8 Å². The Hall–Kier alpha value is -0.930. The first kappa shape index (κ1) is 14.5. The highest BCUT2D eigenvalue weighted by atomic mass is 19.1. The molecule has 1 aromatic rings. The molecule has 1 aliphatic carbocycles. The van der Waals surface area contributed by atoms with Gasteiger partial charge in [0.1, 0.15) is 5.82 Å². The molecule has 19 heavy (non-hydrogen) atoms. The van der Waals surface area contributed by atoms with Crippen molar-refractivity contribution < 1.29 is 4.39 Å². The SMILES string of the molecule is CNC(CCN(C)CC1CC1C)c1ccc(F)cc1. The van der Waals surface area contributed by atoms with Crippen LogP contribution in [0.2, 0.25) is 0 Å². The molecule has 0 heterocycles. The van der Waals surface area contributed by atoms with E-state index in [-0.39, 0.29) is 5.82 Å². The van der Waals surface area contributed by atoms with Crippen LogP contribution in [-0.4, -0.2) is 32.1 Å². The summed E-state index contributed by atoms with van der Waals surface area (Å²) in [5.41, 5.74) is 1.16. The molecule has 0 amide bonds. The molecule has 2 nitrogen and oxygen atoms in total. The molecule has 2 rings (SSSR count). The maximum absolute atomic E-state index is 12.9. The fraction of sp³-hybridized carbons (Fsp3) is 0.625. The maximum atomic E-state index is 12.9. The van der Waals surface area contributed by atoms with E-state index >= 15 is 0 Å². The lowest BCUT2D eigenvalue weighted by Gasteiger charge is -2.22. The van der Waals surface area contributed by atoms with Gasteiger partial charge in [-0.3, -0.25) is 0 Å². The second-order valence-corrected chi connectivity index (χ2v) is 5.92. The van der Waals surface area contributed by atoms with Crippen LogP contribution in [-0.2, 0) is 0 Å². The van der Waals surface area contributed by atoms with Crippen LogP contribution in [0.25, 0.3) is 0 Å². The highest BCUT2D eigenvalue weighted by Crippen LogP contribution is 2.38. The lowest BCUT2D eigenvalue weighted by Crippen LogP contribution is -2.27. The predicted molar refractivity (Wildman–Crippen MR) is 77.6 cm³/mol. The standard InChI is InChI=1S/C16H25FN2/c1-12-10-14(12)11-19(3)9-8-16(18-2)13-4-6-15(17)7-5-13/h4-7,12,14,16,18H,8-11H2,1-3H3. The summed E-state index contributed by atoms with van der Waals surface area (Å²) in [6.45, 7) is 4.61. The van der Waals surface area contributed by atoms with E-state index in [2.05, 4.69) is 24.2 Å². The van der Waals surface area contributed by atoms with Crippen molar-refractivity contribution >= 4 is 0 Å². The topological polar surface area (TPSA) is 15.3 Å². The van der Waals surface area contributed by atoms with Crippen molar-refractivity contribution in [1.82, 2.24) is 10.2 Å². The van der Waals surface area contributed by atoms with E-state index in [9.17, 15) is 4.39 Å². The third kappa shape index (κ3) is 4.29.